The minimum absolute atomic E-state index is 0.0358. The van der Waals surface area contributed by atoms with Crippen LogP contribution in [0.2, 0.25) is 0 Å². The van der Waals surface area contributed by atoms with E-state index in [1.54, 1.807) is 28.9 Å². The second-order valence-corrected chi connectivity index (χ2v) is 13.0. The van der Waals surface area contributed by atoms with Crippen LogP contribution in [0.25, 0.3) is 5.69 Å². The topological polar surface area (TPSA) is 133 Å². The Kier molecular flexibility index (Phi) is 10.6. The number of tetrazole rings is 1. The number of urea groups is 1. The van der Waals surface area contributed by atoms with Crippen molar-refractivity contribution in [1.29, 1.82) is 0 Å². The van der Waals surface area contributed by atoms with Crippen molar-refractivity contribution >= 4 is 29.2 Å². The lowest BCUT2D eigenvalue weighted by molar-refractivity contribution is -0.268. The molecule has 3 N–H and O–H groups in total. The molecule has 4 atom stereocenters. The summed E-state index contributed by atoms with van der Waals surface area (Å²) >= 11 is 1.51. The van der Waals surface area contributed by atoms with E-state index in [1.807, 2.05) is 109 Å². The summed E-state index contributed by atoms with van der Waals surface area (Å²) in [6.45, 7) is 2.07. The fraction of sp³-hybridized carbons (Fsp3) is 0.179. The number of anilines is 2. The van der Waals surface area contributed by atoms with Crippen molar-refractivity contribution < 1.29 is 24.1 Å². The van der Waals surface area contributed by atoms with Crippen molar-refractivity contribution in [3.05, 3.63) is 150 Å². The lowest BCUT2D eigenvalue weighted by atomic mass is 9.91. The Labute approximate surface area is 299 Å². The third kappa shape index (κ3) is 8.44. The van der Waals surface area contributed by atoms with Crippen molar-refractivity contribution in [2.24, 2.45) is 5.92 Å². The first-order valence-corrected chi connectivity index (χ1v) is 17.5. The van der Waals surface area contributed by atoms with Crippen LogP contribution in [0.4, 0.5) is 16.2 Å². The average molecular weight is 701 g/mol. The summed E-state index contributed by atoms with van der Waals surface area (Å²) in [4.78, 5) is 13.0. The van der Waals surface area contributed by atoms with Crippen molar-refractivity contribution in [2.45, 2.75) is 37.2 Å². The summed E-state index contributed by atoms with van der Waals surface area (Å²) in [5.74, 6) is 1.92. The van der Waals surface area contributed by atoms with E-state index in [2.05, 4.69) is 33.1 Å². The van der Waals surface area contributed by atoms with Gasteiger partial charge in [0, 0.05) is 28.6 Å². The van der Waals surface area contributed by atoms with Crippen LogP contribution in [-0.2, 0) is 16.1 Å². The highest BCUT2D eigenvalue weighted by Crippen LogP contribution is 2.43. The summed E-state index contributed by atoms with van der Waals surface area (Å²) in [7, 11) is 0. The number of benzene rings is 5. The Morgan fingerprint density at radius 1 is 0.804 bits per heavy atom. The van der Waals surface area contributed by atoms with Crippen molar-refractivity contribution in [3.63, 3.8) is 0 Å². The van der Waals surface area contributed by atoms with Gasteiger partial charge in [0.15, 0.2) is 6.29 Å². The average Bonchev–Trinajstić information content (AvgIpc) is 3.65. The summed E-state index contributed by atoms with van der Waals surface area (Å²) in [5.41, 5.74) is 4.62. The molecule has 258 valence electrons. The van der Waals surface area contributed by atoms with Crippen LogP contribution in [0.3, 0.4) is 0 Å². The molecule has 1 fully saturated rings. The van der Waals surface area contributed by atoms with Gasteiger partial charge in [-0.25, -0.2) is 4.79 Å². The zero-order valence-electron chi connectivity index (χ0n) is 27.7. The number of aliphatic hydroxyl groups excluding tert-OH is 1. The third-order valence-corrected chi connectivity index (χ3v) is 9.46. The Balaban J connectivity index is 1.05. The summed E-state index contributed by atoms with van der Waals surface area (Å²) < 4.78 is 20.8. The number of thioether (sulfide) groups is 1. The first-order chi connectivity index (χ1) is 25.0. The number of para-hydroxylation sites is 2. The maximum Gasteiger partial charge on any atom is 0.323 e. The van der Waals surface area contributed by atoms with Crippen LogP contribution < -0.4 is 15.4 Å². The number of amides is 2. The number of aromatic nitrogens is 4. The van der Waals surface area contributed by atoms with E-state index in [0.717, 1.165) is 28.1 Å². The quantitative estimate of drug-likeness (QED) is 0.115. The molecule has 12 heteroatoms. The maximum absolute atomic E-state index is 13.0. The van der Waals surface area contributed by atoms with Crippen molar-refractivity contribution in [3.8, 4) is 17.2 Å². The lowest BCUT2D eigenvalue weighted by Crippen LogP contribution is -2.38. The van der Waals surface area contributed by atoms with Gasteiger partial charge in [0.05, 0.1) is 24.5 Å². The Morgan fingerprint density at radius 3 is 2.25 bits per heavy atom. The van der Waals surface area contributed by atoms with E-state index in [4.69, 9.17) is 14.2 Å². The molecule has 11 nitrogen and oxygen atoms in total. The lowest BCUT2D eigenvalue weighted by Gasteiger charge is -2.41. The normalized spacial score (nSPS) is 18.5. The van der Waals surface area contributed by atoms with E-state index in [1.165, 1.54) is 11.8 Å². The minimum Gasteiger partial charge on any atom is -0.457 e. The van der Waals surface area contributed by atoms with Crippen LogP contribution in [0, 0.1) is 5.92 Å². The van der Waals surface area contributed by atoms with Gasteiger partial charge in [0.2, 0.25) is 5.16 Å². The van der Waals surface area contributed by atoms with Crippen LogP contribution in [0.5, 0.6) is 11.5 Å². The third-order valence-electron chi connectivity index (χ3n) is 8.45. The Bertz CT molecular complexity index is 2030. The van der Waals surface area contributed by atoms with Gasteiger partial charge in [0.1, 0.15) is 11.5 Å². The molecule has 1 aliphatic heterocycles. The minimum atomic E-state index is -0.721. The molecule has 2 heterocycles. The number of aliphatic hydroxyl groups is 1. The molecular formula is C39H36N6O5S. The van der Waals surface area contributed by atoms with Crippen LogP contribution >= 0.6 is 11.8 Å². The van der Waals surface area contributed by atoms with Gasteiger partial charge in [-0.05, 0) is 82.2 Å². The molecule has 5 aromatic carbocycles. The molecule has 0 aliphatic carbocycles. The second kappa shape index (κ2) is 16.0. The molecule has 0 saturated carbocycles. The monoisotopic (exact) mass is 700 g/mol. The summed E-state index contributed by atoms with van der Waals surface area (Å²) in [6.07, 6.45) is -1.27. The molecule has 0 radical (unpaired) electrons. The SMILES string of the molecule is C[C@@H]1[C@H](CSc2nnnn2-c2ccccc2)O[C@H](c2cccc(NC(=O)Nc3ccc(Oc4ccccc4)cc3)c2)O[C@@H]1c1ccc(CO)cc1. The first kappa shape index (κ1) is 33.9. The fourth-order valence-electron chi connectivity index (χ4n) is 5.75. The predicted molar refractivity (Wildman–Crippen MR) is 195 cm³/mol. The summed E-state index contributed by atoms with van der Waals surface area (Å²) in [6, 6.07) is 41.2. The van der Waals surface area contributed by atoms with E-state index in [-0.39, 0.29) is 24.7 Å². The molecular weight excluding hydrogens is 665 g/mol. The van der Waals surface area contributed by atoms with Gasteiger partial charge in [-0.1, -0.05) is 91.5 Å². The molecule has 0 unspecified atom stereocenters. The van der Waals surface area contributed by atoms with Gasteiger partial charge in [-0.3, -0.25) is 0 Å². The Hall–Kier alpha value is -5.53. The van der Waals surface area contributed by atoms with Crippen LogP contribution in [0.1, 0.15) is 36.0 Å². The number of carbonyl (C=O) groups is 1. The fourth-order valence-corrected chi connectivity index (χ4v) is 6.81. The van der Waals surface area contributed by atoms with Gasteiger partial charge in [0.25, 0.3) is 0 Å². The number of carbonyl (C=O) groups excluding carboxylic acids is 1. The number of ether oxygens (including phenoxy) is 3. The molecule has 1 aliphatic rings. The van der Waals surface area contributed by atoms with E-state index < -0.39 is 12.3 Å². The highest BCUT2D eigenvalue weighted by molar-refractivity contribution is 7.99. The number of hydrogen-bond donors (Lipinski definition) is 3. The molecule has 0 bridgehead atoms. The molecule has 2 amide bonds. The molecule has 0 spiro atoms. The van der Waals surface area contributed by atoms with Gasteiger partial charge >= 0.3 is 6.03 Å². The zero-order chi connectivity index (χ0) is 35.0. The standard InChI is InChI=1S/C39H36N6O5S/c1-26-35(25-51-39-42-43-44-45(39)32-11-4-2-5-12-32)49-37(50-36(26)28-17-15-27(24-46)16-18-28)29-9-8-10-31(23-29)41-38(47)40-30-19-21-34(22-20-30)48-33-13-6-3-7-14-33/h2-23,26,35-37,46H,24-25H2,1H3,(H2,40,41,47)/t26-,35+,36+,37+/m1/s1. The van der Waals surface area contributed by atoms with E-state index >= 15 is 0 Å². The highest BCUT2D eigenvalue weighted by atomic mass is 32.2. The second-order valence-electron chi connectivity index (χ2n) is 12.0. The number of nitrogens with zero attached hydrogens (tertiary/aromatic N) is 4. The Morgan fingerprint density at radius 2 is 1.51 bits per heavy atom. The molecule has 7 rings (SSSR count). The van der Waals surface area contributed by atoms with Crippen LogP contribution in [0.15, 0.2) is 139 Å². The van der Waals surface area contributed by atoms with E-state index in [9.17, 15) is 9.90 Å². The van der Waals surface area contributed by atoms with Crippen molar-refractivity contribution in [1.82, 2.24) is 20.2 Å². The summed E-state index contributed by atoms with van der Waals surface area (Å²) in [5, 5.41) is 28.4. The molecule has 51 heavy (non-hydrogen) atoms. The molecule has 1 saturated heterocycles. The number of nitrogens with one attached hydrogen (secondary N) is 2. The smallest absolute Gasteiger partial charge is 0.323 e. The van der Waals surface area contributed by atoms with Gasteiger partial charge in [-0.15, -0.1) is 5.10 Å². The van der Waals surface area contributed by atoms with Gasteiger partial charge in [-0.2, -0.15) is 4.68 Å². The predicted octanol–water partition coefficient (Wildman–Crippen LogP) is 8.17. The number of hydrogen-bond acceptors (Lipinski definition) is 9. The first-order valence-electron chi connectivity index (χ1n) is 16.5. The highest BCUT2D eigenvalue weighted by Gasteiger charge is 2.38. The zero-order valence-corrected chi connectivity index (χ0v) is 28.5. The van der Waals surface area contributed by atoms with Crippen LogP contribution in [-0.4, -0.2) is 43.2 Å². The number of rotatable bonds is 11. The maximum atomic E-state index is 13.0. The van der Waals surface area contributed by atoms with Gasteiger partial charge < -0.3 is 30.0 Å². The van der Waals surface area contributed by atoms with Crippen molar-refractivity contribution in [2.75, 3.05) is 16.4 Å². The largest absolute Gasteiger partial charge is 0.457 e. The van der Waals surface area contributed by atoms with E-state index in [0.29, 0.717) is 28.0 Å². The molecule has 6 aromatic rings. The molecule has 1 aromatic heterocycles.